The second-order valence-electron chi connectivity index (χ2n) is 8.90. The monoisotopic (exact) mass is 264 g/mol. The van der Waals surface area contributed by atoms with Crippen LogP contribution >= 0.6 is 0 Å². The maximum Gasteiger partial charge on any atom is 0.0200 e. The Morgan fingerprint density at radius 2 is 1.79 bits per heavy atom. The number of nitrogens with one attached hydrogen (secondary N) is 1. The molecule has 3 fully saturated rings. The molecule has 2 heteroatoms. The Morgan fingerprint density at radius 1 is 1.05 bits per heavy atom. The average Bonchev–Trinajstić information content (AvgIpc) is 2.78. The van der Waals surface area contributed by atoms with E-state index in [1.807, 2.05) is 0 Å². The molecule has 19 heavy (non-hydrogen) atoms. The van der Waals surface area contributed by atoms with Gasteiger partial charge in [0.2, 0.25) is 0 Å². The van der Waals surface area contributed by atoms with Gasteiger partial charge in [0.25, 0.3) is 0 Å². The van der Waals surface area contributed by atoms with Gasteiger partial charge < -0.3 is 5.32 Å². The van der Waals surface area contributed by atoms with Crippen molar-refractivity contribution in [3.8, 4) is 0 Å². The zero-order valence-corrected chi connectivity index (χ0v) is 13.5. The summed E-state index contributed by atoms with van der Waals surface area (Å²) in [4.78, 5) is 2.89. The first-order chi connectivity index (χ1) is 8.79. The molecule has 0 bridgehead atoms. The van der Waals surface area contributed by atoms with Crippen molar-refractivity contribution in [1.82, 2.24) is 10.2 Å². The van der Waals surface area contributed by atoms with Gasteiger partial charge in [-0.05, 0) is 62.8 Å². The summed E-state index contributed by atoms with van der Waals surface area (Å²) in [6.45, 7) is 16.2. The Kier molecular flexibility index (Phi) is 3.26. The summed E-state index contributed by atoms with van der Waals surface area (Å²) in [5.74, 6) is 2.66. The van der Waals surface area contributed by atoms with E-state index >= 15 is 0 Å². The zero-order valence-electron chi connectivity index (χ0n) is 13.5. The summed E-state index contributed by atoms with van der Waals surface area (Å²) in [6, 6.07) is 0.819. The lowest BCUT2D eigenvalue weighted by atomic mass is 9.69. The first kappa shape index (κ1) is 13.9. The van der Waals surface area contributed by atoms with Crippen LogP contribution in [0.5, 0.6) is 0 Å². The molecule has 110 valence electrons. The van der Waals surface area contributed by atoms with Crippen LogP contribution in [0.1, 0.15) is 53.9 Å². The van der Waals surface area contributed by atoms with Gasteiger partial charge in [-0.25, -0.2) is 0 Å². The van der Waals surface area contributed by atoms with Gasteiger partial charge in [0.05, 0.1) is 0 Å². The molecule has 0 aromatic heterocycles. The minimum absolute atomic E-state index is 0.395. The molecule has 3 rings (SSSR count). The van der Waals surface area contributed by atoms with E-state index < -0.39 is 0 Å². The van der Waals surface area contributed by atoms with Gasteiger partial charge in [0, 0.05) is 24.7 Å². The molecule has 0 aromatic carbocycles. The smallest absolute Gasteiger partial charge is 0.0200 e. The molecule has 1 N–H and O–H groups in total. The van der Waals surface area contributed by atoms with E-state index in [0.717, 1.165) is 23.8 Å². The van der Waals surface area contributed by atoms with Gasteiger partial charge in [-0.1, -0.05) is 20.8 Å². The summed E-state index contributed by atoms with van der Waals surface area (Å²) in [6.07, 6.45) is 4.22. The third kappa shape index (κ3) is 2.35. The number of nitrogens with zero attached hydrogens (tertiary/aromatic N) is 1. The Balaban J connectivity index is 1.79. The summed E-state index contributed by atoms with van der Waals surface area (Å²) in [7, 11) is 0. The molecule has 2 heterocycles. The zero-order chi connectivity index (χ0) is 13.8. The largest absolute Gasteiger partial charge is 0.316 e. The number of rotatable bonds is 1. The Morgan fingerprint density at radius 3 is 2.42 bits per heavy atom. The third-order valence-corrected chi connectivity index (χ3v) is 6.22. The number of likely N-dealkylation sites (tertiary alicyclic amines) is 1. The first-order valence-corrected chi connectivity index (χ1v) is 8.27. The van der Waals surface area contributed by atoms with Crippen molar-refractivity contribution < 1.29 is 0 Å². The van der Waals surface area contributed by atoms with Gasteiger partial charge >= 0.3 is 0 Å². The normalized spacial score (nSPS) is 45.3. The van der Waals surface area contributed by atoms with Gasteiger partial charge in [-0.2, -0.15) is 0 Å². The summed E-state index contributed by atoms with van der Waals surface area (Å²) < 4.78 is 0. The minimum atomic E-state index is 0.395. The lowest BCUT2D eigenvalue weighted by Crippen LogP contribution is -2.52. The van der Waals surface area contributed by atoms with Crippen LogP contribution in [0.25, 0.3) is 0 Å². The molecule has 0 amide bonds. The fourth-order valence-electron chi connectivity index (χ4n) is 5.61. The van der Waals surface area contributed by atoms with Crippen LogP contribution in [0.4, 0.5) is 0 Å². The SMILES string of the molecule is CC1CC(N2CC3CNCC3C2(C)C)CC(C)(C)C1. The van der Waals surface area contributed by atoms with Crippen LogP contribution in [0.15, 0.2) is 0 Å². The summed E-state index contributed by atoms with van der Waals surface area (Å²) in [5, 5.41) is 3.60. The predicted octanol–water partition coefficient (Wildman–Crippen LogP) is 3.13. The third-order valence-electron chi connectivity index (χ3n) is 6.22. The van der Waals surface area contributed by atoms with Gasteiger partial charge in [0.1, 0.15) is 0 Å². The highest BCUT2D eigenvalue weighted by molar-refractivity contribution is 5.07. The van der Waals surface area contributed by atoms with Gasteiger partial charge in [-0.15, -0.1) is 0 Å². The van der Waals surface area contributed by atoms with Crippen molar-refractivity contribution in [2.75, 3.05) is 19.6 Å². The van der Waals surface area contributed by atoms with Crippen LogP contribution < -0.4 is 5.32 Å². The Labute approximate surface area is 119 Å². The van der Waals surface area contributed by atoms with E-state index in [4.69, 9.17) is 0 Å². The van der Waals surface area contributed by atoms with Crippen molar-refractivity contribution in [3.63, 3.8) is 0 Å². The molecule has 2 saturated heterocycles. The maximum absolute atomic E-state index is 3.60. The molecular weight excluding hydrogens is 232 g/mol. The van der Waals surface area contributed by atoms with Crippen molar-refractivity contribution in [3.05, 3.63) is 0 Å². The van der Waals surface area contributed by atoms with E-state index in [2.05, 4.69) is 44.8 Å². The van der Waals surface area contributed by atoms with E-state index in [1.54, 1.807) is 0 Å². The van der Waals surface area contributed by atoms with Crippen molar-refractivity contribution in [2.45, 2.75) is 65.5 Å². The molecule has 0 spiro atoms. The van der Waals surface area contributed by atoms with E-state index in [1.165, 1.54) is 38.9 Å². The highest BCUT2D eigenvalue weighted by Crippen LogP contribution is 2.47. The van der Waals surface area contributed by atoms with Crippen LogP contribution in [-0.4, -0.2) is 36.1 Å². The van der Waals surface area contributed by atoms with Crippen LogP contribution in [-0.2, 0) is 0 Å². The van der Waals surface area contributed by atoms with Crippen LogP contribution in [0.3, 0.4) is 0 Å². The fourth-order valence-corrected chi connectivity index (χ4v) is 5.61. The highest BCUT2D eigenvalue weighted by Gasteiger charge is 2.52. The molecular formula is C17H32N2. The summed E-state index contributed by atoms with van der Waals surface area (Å²) >= 11 is 0. The molecule has 1 aliphatic carbocycles. The first-order valence-electron chi connectivity index (χ1n) is 8.27. The predicted molar refractivity (Wildman–Crippen MR) is 81.2 cm³/mol. The van der Waals surface area contributed by atoms with E-state index in [9.17, 15) is 0 Å². The summed E-state index contributed by atoms with van der Waals surface area (Å²) in [5.41, 5.74) is 0.931. The fraction of sp³-hybridized carbons (Fsp3) is 1.00. The number of fused-ring (bicyclic) bond motifs is 1. The topological polar surface area (TPSA) is 15.3 Å². The molecule has 0 aromatic rings. The van der Waals surface area contributed by atoms with Crippen molar-refractivity contribution in [1.29, 1.82) is 0 Å². The average molecular weight is 264 g/mol. The van der Waals surface area contributed by atoms with Crippen LogP contribution in [0.2, 0.25) is 0 Å². The van der Waals surface area contributed by atoms with Gasteiger partial charge in [-0.3, -0.25) is 4.90 Å². The molecule has 4 unspecified atom stereocenters. The van der Waals surface area contributed by atoms with Gasteiger partial charge in [0.15, 0.2) is 0 Å². The molecule has 0 radical (unpaired) electrons. The Hall–Kier alpha value is -0.0800. The lowest BCUT2D eigenvalue weighted by Gasteiger charge is -2.48. The number of hydrogen-bond acceptors (Lipinski definition) is 2. The molecule has 4 atom stereocenters. The highest BCUT2D eigenvalue weighted by atomic mass is 15.3. The molecule has 1 saturated carbocycles. The Bertz CT molecular complexity index is 347. The second kappa shape index (κ2) is 4.46. The standard InChI is InChI=1S/C17H32N2/c1-12-6-14(8-16(2,3)7-12)19-11-13-9-18-10-15(13)17(19,4)5/h12-15,18H,6-11H2,1-5H3. The van der Waals surface area contributed by atoms with Crippen molar-refractivity contribution >= 4 is 0 Å². The molecule has 2 nitrogen and oxygen atoms in total. The maximum atomic E-state index is 3.60. The minimum Gasteiger partial charge on any atom is -0.316 e. The van der Waals surface area contributed by atoms with E-state index in [-0.39, 0.29) is 0 Å². The van der Waals surface area contributed by atoms with Crippen LogP contribution in [0, 0.1) is 23.2 Å². The second-order valence-corrected chi connectivity index (χ2v) is 8.90. The van der Waals surface area contributed by atoms with Crippen molar-refractivity contribution in [2.24, 2.45) is 23.2 Å². The lowest BCUT2D eigenvalue weighted by molar-refractivity contribution is 0.0184. The quantitative estimate of drug-likeness (QED) is 0.783. The molecule has 3 aliphatic rings. The van der Waals surface area contributed by atoms with E-state index in [0.29, 0.717) is 11.0 Å². The number of hydrogen-bond donors (Lipinski definition) is 1. The molecule has 2 aliphatic heterocycles.